The quantitative estimate of drug-likeness (QED) is 0.517. The molecule has 5 aliphatic rings. The fourth-order valence-corrected chi connectivity index (χ4v) is 6.67. The van der Waals surface area contributed by atoms with Crippen molar-refractivity contribution in [2.45, 2.75) is 65.2 Å². The molecule has 4 fully saturated rings. The van der Waals surface area contributed by atoms with Gasteiger partial charge >= 0.3 is 0 Å². The van der Waals surface area contributed by atoms with E-state index in [1.807, 2.05) is 62.4 Å². The summed E-state index contributed by atoms with van der Waals surface area (Å²) in [6.07, 6.45) is 7.86. The highest BCUT2D eigenvalue weighted by Crippen LogP contribution is 2.61. The van der Waals surface area contributed by atoms with Gasteiger partial charge < -0.3 is 14.8 Å². The Labute approximate surface area is 205 Å². The number of hydrogen-bond donors (Lipinski definition) is 1. The van der Waals surface area contributed by atoms with E-state index in [1.54, 1.807) is 46.3 Å². The minimum atomic E-state index is -0.364. The van der Waals surface area contributed by atoms with Gasteiger partial charge in [-0.3, -0.25) is 4.79 Å². The maximum Gasteiger partial charge on any atom is 0.234 e. The van der Waals surface area contributed by atoms with Crippen LogP contribution >= 0.6 is 0 Å². The third kappa shape index (κ3) is 4.82. The van der Waals surface area contributed by atoms with Gasteiger partial charge in [0.05, 0.1) is 19.6 Å². The minimum absolute atomic E-state index is 0.0868. The van der Waals surface area contributed by atoms with Gasteiger partial charge in [0.2, 0.25) is 5.91 Å². The van der Waals surface area contributed by atoms with Crippen LogP contribution in [-0.2, 0) is 10.2 Å². The van der Waals surface area contributed by atoms with Crippen LogP contribution < -0.4 is 14.8 Å². The van der Waals surface area contributed by atoms with Crippen LogP contribution in [0.3, 0.4) is 0 Å². The van der Waals surface area contributed by atoms with Gasteiger partial charge in [0.1, 0.15) is 11.5 Å². The Bertz CT molecular complexity index is 960. The lowest BCUT2D eigenvalue weighted by molar-refractivity contribution is -0.119. The van der Waals surface area contributed by atoms with E-state index in [0.717, 1.165) is 46.4 Å². The van der Waals surface area contributed by atoms with Gasteiger partial charge in [-0.25, -0.2) is 0 Å². The zero-order valence-electron chi connectivity index (χ0n) is 21.7. The molecule has 0 unspecified atom stereocenters. The molecule has 0 atom stereocenters. The van der Waals surface area contributed by atoms with Gasteiger partial charge in [-0.15, -0.1) is 0 Å². The first-order valence-corrected chi connectivity index (χ1v) is 12.7. The zero-order valence-corrected chi connectivity index (χ0v) is 21.7. The van der Waals surface area contributed by atoms with Crippen LogP contribution in [0.15, 0.2) is 48.5 Å². The molecule has 4 aliphatic carbocycles. The lowest BCUT2D eigenvalue weighted by Gasteiger charge is -2.59. The van der Waals surface area contributed by atoms with Gasteiger partial charge in [0, 0.05) is 11.8 Å². The van der Waals surface area contributed by atoms with Crippen molar-refractivity contribution in [3.05, 3.63) is 54.1 Å². The SMILES string of the molecule is CC1(C)C(=O)Nc2ccccc21.CC1(C)C2CC3CC(C2)CC1C3.COc1cccc(OC)c1. The molecular weight excluding hydrogens is 422 g/mol. The average Bonchev–Trinajstić information content (AvgIpc) is 3.06. The molecule has 1 aliphatic heterocycles. The number of amides is 1. The fraction of sp³-hybridized carbons (Fsp3) is 0.567. The number of anilines is 1. The number of nitrogens with one attached hydrogen (secondary N) is 1. The molecule has 4 nitrogen and oxygen atoms in total. The molecule has 4 saturated carbocycles. The van der Waals surface area contributed by atoms with Crippen molar-refractivity contribution < 1.29 is 14.3 Å². The van der Waals surface area contributed by atoms with E-state index >= 15 is 0 Å². The normalized spacial score (nSPS) is 28.5. The van der Waals surface area contributed by atoms with E-state index in [2.05, 4.69) is 19.2 Å². The summed E-state index contributed by atoms with van der Waals surface area (Å²) < 4.78 is 9.95. The Hall–Kier alpha value is -2.49. The Balaban J connectivity index is 0.000000122. The predicted octanol–water partition coefficient (Wildman–Crippen LogP) is 7.09. The highest BCUT2D eigenvalue weighted by molar-refractivity contribution is 6.05. The van der Waals surface area contributed by atoms with Crippen molar-refractivity contribution in [2.75, 3.05) is 19.5 Å². The molecule has 0 aromatic heterocycles. The molecule has 1 amide bonds. The number of carbonyl (C=O) groups is 1. The first kappa shape index (κ1) is 24.6. The highest BCUT2D eigenvalue weighted by atomic mass is 16.5. The number of carbonyl (C=O) groups excluding carboxylic acids is 1. The summed E-state index contributed by atoms with van der Waals surface area (Å²) in [5.74, 6) is 6.19. The smallest absolute Gasteiger partial charge is 0.234 e. The topological polar surface area (TPSA) is 47.6 Å². The van der Waals surface area contributed by atoms with E-state index < -0.39 is 0 Å². The van der Waals surface area contributed by atoms with Gasteiger partial charge in [-0.1, -0.05) is 38.1 Å². The molecule has 0 spiro atoms. The third-order valence-electron chi connectivity index (χ3n) is 8.94. The summed E-state index contributed by atoms with van der Waals surface area (Å²) in [5, 5.41) is 2.85. The number of benzene rings is 2. The summed E-state index contributed by atoms with van der Waals surface area (Å²) in [5.41, 5.74) is 2.38. The second-order valence-electron chi connectivity index (χ2n) is 11.6. The molecule has 4 heteroatoms. The van der Waals surface area contributed by atoms with Crippen molar-refractivity contribution in [3.63, 3.8) is 0 Å². The Morgan fingerprint density at radius 3 is 1.79 bits per heavy atom. The second kappa shape index (κ2) is 9.64. The number of methoxy groups -OCH3 is 2. The van der Waals surface area contributed by atoms with Gasteiger partial charge in [0.25, 0.3) is 0 Å². The number of hydrogen-bond acceptors (Lipinski definition) is 3. The highest BCUT2D eigenvalue weighted by Gasteiger charge is 2.52. The standard InChI is InChI=1S/C12H20.C10H11NO.C8H10O2/c1-12(2)10-4-8-3-9(6-10)7-11(12)5-8;1-10(2)7-5-3-4-6-8(7)11-9(10)12;1-9-7-4-3-5-8(6-7)10-2/h8-11H,3-7H2,1-2H3;3-6H,1-2H3,(H,11,12);3-6H,1-2H3. The molecule has 184 valence electrons. The van der Waals surface area contributed by atoms with E-state index in [1.165, 1.54) is 0 Å². The van der Waals surface area contributed by atoms with Gasteiger partial charge in [-0.2, -0.15) is 0 Å². The van der Waals surface area contributed by atoms with Crippen LogP contribution in [-0.4, -0.2) is 20.1 Å². The number of ether oxygens (including phenoxy) is 2. The Kier molecular flexibility index (Phi) is 6.98. The van der Waals surface area contributed by atoms with E-state index in [4.69, 9.17) is 9.47 Å². The summed E-state index contributed by atoms with van der Waals surface area (Å²) in [6.45, 7) is 8.93. The maximum atomic E-state index is 11.4. The van der Waals surface area contributed by atoms with Crippen LogP contribution in [0, 0.1) is 29.1 Å². The van der Waals surface area contributed by atoms with E-state index in [0.29, 0.717) is 5.41 Å². The zero-order chi connectivity index (χ0) is 24.5. The molecule has 2 aromatic rings. The molecule has 0 radical (unpaired) electrons. The van der Waals surface area contributed by atoms with Crippen LogP contribution in [0.5, 0.6) is 11.5 Å². The molecule has 0 saturated heterocycles. The van der Waals surface area contributed by atoms with Crippen molar-refractivity contribution in [2.24, 2.45) is 29.1 Å². The maximum absolute atomic E-state index is 11.4. The second-order valence-corrected chi connectivity index (χ2v) is 11.6. The molecule has 1 heterocycles. The molecule has 34 heavy (non-hydrogen) atoms. The average molecular weight is 464 g/mol. The predicted molar refractivity (Wildman–Crippen MR) is 138 cm³/mol. The first-order chi connectivity index (χ1) is 16.1. The molecule has 1 N–H and O–H groups in total. The van der Waals surface area contributed by atoms with E-state index in [-0.39, 0.29) is 11.3 Å². The largest absolute Gasteiger partial charge is 0.497 e. The lowest BCUT2D eigenvalue weighted by Crippen LogP contribution is -2.49. The molecular formula is C30H41NO3. The first-order valence-electron chi connectivity index (χ1n) is 12.7. The summed E-state index contributed by atoms with van der Waals surface area (Å²) in [4.78, 5) is 11.4. The molecule has 2 aromatic carbocycles. The van der Waals surface area contributed by atoms with Crippen molar-refractivity contribution in [1.29, 1.82) is 0 Å². The lowest BCUT2D eigenvalue weighted by atomic mass is 9.46. The Morgan fingerprint density at radius 1 is 0.765 bits per heavy atom. The van der Waals surface area contributed by atoms with Crippen LogP contribution in [0.4, 0.5) is 5.69 Å². The summed E-state index contributed by atoms with van der Waals surface area (Å²) >= 11 is 0. The summed E-state index contributed by atoms with van der Waals surface area (Å²) in [7, 11) is 3.27. The minimum Gasteiger partial charge on any atom is -0.497 e. The van der Waals surface area contributed by atoms with Gasteiger partial charge in [0.15, 0.2) is 0 Å². The third-order valence-corrected chi connectivity index (χ3v) is 8.94. The van der Waals surface area contributed by atoms with Gasteiger partial charge in [-0.05, 0) is 98.8 Å². The van der Waals surface area contributed by atoms with Crippen LogP contribution in [0.1, 0.15) is 65.4 Å². The van der Waals surface area contributed by atoms with Crippen molar-refractivity contribution in [1.82, 2.24) is 0 Å². The van der Waals surface area contributed by atoms with E-state index in [9.17, 15) is 4.79 Å². The fourth-order valence-electron chi connectivity index (χ4n) is 6.67. The molecule has 4 bridgehead atoms. The van der Waals surface area contributed by atoms with Crippen molar-refractivity contribution in [3.8, 4) is 11.5 Å². The number of para-hydroxylation sites is 1. The van der Waals surface area contributed by atoms with Crippen molar-refractivity contribution >= 4 is 11.6 Å². The van der Waals surface area contributed by atoms with Crippen LogP contribution in [0.25, 0.3) is 0 Å². The molecule has 7 rings (SSSR count). The summed E-state index contributed by atoms with van der Waals surface area (Å²) in [6, 6.07) is 15.3. The Morgan fingerprint density at radius 2 is 1.29 bits per heavy atom. The number of rotatable bonds is 2. The monoisotopic (exact) mass is 463 g/mol. The van der Waals surface area contributed by atoms with Crippen LogP contribution in [0.2, 0.25) is 0 Å². The number of fused-ring (bicyclic) bond motifs is 1.